The minimum absolute atomic E-state index is 0.505. The predicted molar refractivity (Wildman–Crippen MR) is 128 cm³/mol. The number of hydrogen-bond donors (Lipinski definition) is 2. The van der Waals surface area contributed by atoms with E-state index in [-0.39, 0.29) is 0 Å². The third-order valence-corrected chi connectivity index (χ3v) is 6.47. The lowest BCUT2D eigenvalue weighted by Gasteiger charge is -2.28. The first-order chi connectivity index (χ1) is 16.0. The normalized spacial score (nSPS) is 19.5. The van der Waals surface area contributed by atoms with Gasteiger partial charge in [0.25, 0.3) is 0 Å². The molecule has 1 aliphatic heterocycles. The molecule has 6 nitrogen and oxygen atoms in total. The molecule has 0 bridgehead atoms. The molecule has 2 atom stereocenters. The quantitative estimate of drug-likeness (QED) is 0.247. The lowest BCUT2D eigenvalue weighted by atomic mass is 9.98. The molecule has 1 aromatic rings. The maximum absolute atomic E-state index is 11.6. The van der Waals surface area contributed by atoms with Crippen molar-refractivity contribution in [2.24, 2.45) is 0 Å². The van der Waals surface area contributed by atoms with Gasteiger partial charge in [-0.3, -0.25) is 0 Å². The topological polar surface area (TPSA) is 93.1 Å². The number of ether oxygens (including phenoxy) is 2. The standard InChI is InChI=1S/C27H42O6/c1-2-3-4-5-6-7-8-9-10-15-20-27(21-16-14-19-22-17-12-11-13-18-22)32-23(25(28)29)24(33-27)26(30)31/h11-13,17-18,23-24H,2-10,14-16,19-21H2,1H3,(H,28,29)(H,30,31)/t23-,24-/m1/s1. The lowest BCUT2D eigenvalue weighted by Crippen LogP contribution is -2.36. The average molecular weight is 463 g/mol. The van der Waals surface area contributed by atoms with Crippen LogP contribution in [0.5, 0.6) is 0 Å². The van der Waals surface area contributed by atoms with Crippen molar-refractivity contribution < 1.29 is 29.3 Å². The monoisotopic (exact) mass is 462 g/mol. The van der Waals surface area contributed by atoms with Crippen LogP contribution in [0.1, 0.15) is 102 Å². The fraction of sp³-hybridized carbons (Fsp3) is 0.704. The summed E-state index contributed by atoms with van der Waals surface area (Å²) in [4.78, 5) is 23.2. The number of unbranched alkanes of at least 4 members (excludes halogenated alkanes) is 10. The zero-order valence-electron chi connectivity index (χ0n) is 20.2. The summed E-state index contributed by atoms with van der Waals surface area (Å²) in [5.74, 6) is -3.68. The van der Waals surface area contributed by atoms with Gasteiger partial charge in [-0.25, -0.2) is 9.59 Å². The molecule has 0 aliphatic carbocycles. The van der Waals surface area contributed by atoms with E-state index in [0.29, 0.717) is 12.8 Å². The van der Waals surface area contributed by atoms with Crippen molar-refractivity contribution in [3.05, 3.63) is 35.9 Å². The molecular formula is C27H42O6. The zero-order valence-corrected chi connectivity index (χ0v) is 20.2. The van der Waals surface area contributed by atoms with E-state index < -0.39 is 29.9 Å². The largest absolute Gasteiger partial charge is 0.479 e. The van der Waals surface area contributed by atoms with Crippen molar-refractivity contribution in [2.45, 2.75) is 121 Å². The van der Waals surface area contributed by atoms with Gasteiger partial charge in [-0.2, -0.15) is 0 Å². The molecule has 0 radical (unpaired) electrons. The van der Waals surface area contributed by atoms with E-state index >= 15 is 0 Å². The second kappa shape index (κ2) is 15.1. The fourth-order valence-electron chi connectivity index (χ4n) is 4.58. The first-order valence-electron chi connectivity index (χ1n) is 12.8. The number of carbonyl (C=O) groups is 2. The highest BCUT2D eigenvalue weighted by atomic mass is 16.8. The Bertz CT molecular complexity index is 667. The van der Waals surface area contributed by atoms with E-state index in [0.717, 1.165) is 38.5 Å². The highest BCUT2D eigenvalue weighted by Gasteiger charge is 2.53. The Labute approximate surface area is 198 Å². The Balaban J connectivity index is 1.81. The van der Waals surface area contributed by atoms with E-state index in [4.69, 9.17) is 9.47 Å². The highest BCUT2D eigenvalue weighted by molar-refractivity contribution is 5.84. The third kappa shape index (κ3) is 9.85. The van der Waals surface area contributed by atoms with Gasteiger partial charge in [-0.05, 0) is 31.2 Å². The number of rotatable bonds is 18. The van der Waals surface area contributed by atoms with Crippen molar-refractivity contribution in [3.8, 4) is 0 Å². The summed E-state index contributed by atoms with van der Waals surface area (Å²) in [5, 5.41) is 18.9. The Morgan fingerprint density at radius 3 is 1.67 bits per heavy atom. The van der Waals surface area contributed by atoms with Gasteiger partial charge in [0.15, 0.2) is 18.0 Å². The van der Waals surface area contributed by atoms with Gasteiger partial charge in [0.2, 0.25) is 0 Å². The maximum atomic E-state index is 11.6. The van der Waals surface area contributed by atoms with Gasteiger partial charge >= 0.3 is 11.9 Å². The van der Waals surface area contributed by atoms with Gasteiger partial charge in [-0.1, -0.05) is 95.0 Å². The summed E-state index contributed by atoms with van der Waals surface area (Å²) in [6, 6.07) is 10.2. The summed E-state index contributed by atoms with van der Waals surface area (Å²) < 4.78 is 11.6. The molecule has 0 spiro atoms. The molecule has 0 unspecified atom stereocenters. The van der Waals surface area contributed by atoms with Crippen LogP contribution in [0.3, 0.4) is 0 Å². The molecule has 0 saturated carbocycles. The molecule has 0 amide bonds. The van der Waals surface area contributed by atoms with Crippen molar-refractivity contribution in [2.75, 3.05) is 0 Å². The fourth-order valence-corrected chi connectivity index (χ4v) is 4.58. The molecule has 6 heteroatoms. The number of aliphatic carboxylic acids is 2. The first kappa shape index (κ1) is 27.3. The van der Waals surface area contributed by atoms with Crippen molar-refractivity contribution in [1.29, 1.82) is 0 Å². The van der Waals surface area contributed by atoms with E-state index in [1.165, 1.54) is 50.5 Å². The SMILES string of the molecule is CCCCCCCCCCCCC1(CCCCc2ccccc2)O[C@@H](C(=O)O)[C@H](C(=O)O)O1. The van der Waals surface area contributed by atoms with E-state index in [9.17, 15) is 19.8 Å². The number of hydrogen-bond acceptors (Lipinski definition) is 4. The van der Waals surface area contributed by atoms with E-state index in [1.807, 2.05) is 18.2 Å². The highest BCUT2D eigenvalue weighted by Crippen LogP contribution is 2.38. The Hall–Kier alpha value is -1.92. The second-order valence-corrected chi connectivity index (χ2v) is 9.29. The summed E-state index contributed by atoms with van der Waals surface area (Å²) in [7, 11) is 0. The molecule has 1 heterocycles. The van der Waals surface area contributed by atoms with Crippen LogP contribution in [0.4, 0.5) is 0 Å². The summed E-state index contributed by atoms with van der Waals surface area (Å²) in [5.41, 5.74) is 1.25. The molecule has 1 saturated heterocycles. The van der Waals surface area contributed by atoms with Crippen LogP contribution >= 0.6 is 0 Å². The Kier molecular flexibility index (Phi) is 12.5. The minimum Gasteiger partial charge on any atom is -0.479 e. The lowest BCUT2D eigenvalue weighted by molar-refractivity contribution is -0.195. The van der Waals surface area contributed by atoms with Gasteiger partial charge in [0.05, 0.1) is 0 Å². The van der Waals surface area contributed by atoms with Crippen LogP contribution in [0.25, 0.3) is 0 Å². The Morgan fingerprint density at radius 1 is 0.727 bits per heavy atom. The smallest absolute Gasteiger partial charge is 0.336 e. The van der Waals surface area contributed by atoms with Crippen LogP contribution in [0.2, 0.25) is 0 Å². The summed E-state index contributed by atoms with van der Waals surface area (Å²) in [6.07, 6.45) is 12.7. The number of aryl methyl sites for hydroxylation is 1. The van der Waals surface area contributed by atoms with Crippen LogP contribution < -0.4 is 0 Å². The van der Waals surface area contributed by atoms with E-state index in [1.54, 1.807) is 0 Å². The molecule has 1 aliphatic rings. The van der Waals surface area contributed by atoms with Gasteiger partial charge in [-0.15, -0.1) is 0 Å². The van der Waals surface area contributed by atoms with Crippen molar-refractivity contribution >= 4 is 11.9 Å². The van der Waals surface area contributed by atoms with Crippen LogP contribution in [-0.4, -0.2) is 40.1 Å². The molecule has 2 N–H and O–H groups in total. The molecular weight excluding hydrogens is 420 g/mol. The minimum atomic E-state index is -1.46. The zero-order chi connectivity index (χ0) is 23.9. The van der Waals surface area contributed by atoms with Gasteiger partial charge < -0.3 is 19.7 Å². The summed E-state index contributed by atoms with van der Waals surface area (Å²) in [6.45, 7) is 2.23. The number of carboxylic acid groups (broad SMARTS) is 2. The molecule has 186 valence electrons. The van der Waals surface area contributed by atoms with Crippen LogP contribution in [0, 0.1) is 0 Å². The average Bonchev–Trinajstić information content (AvgIpc) is 3.20. The predicted octanol–water partition coefficient (Wildman–Crippen LogP) is 6.36. The van der Waals surface area contributed by atoms with Gasteiger partial charge in [0.1, 0.15) is 0 Å². The van der Waals surface area contributed by atoms with E-state index in [2.05, 4.69) is 19.1 Å². The molecule has 33 heavy (non-hydrogen) atoms. The molecule has 1 fully saturated rings. The van der Waals surface area contributed by atoms with Crippen LogP contribution in [-0.2, 0) is 25.5 Å². The maximum Gasteiger partial charge on any atom is 0.336 e. The molecule has 2 rings (SSSR count). The van der Waals surface area contributed by atoms with Gasteiger partial charge in [0, 0.05) is 12.8 Å². The number of carboxylic acids is 2. The summed E-state index contributed by atoms with van der Waals surface area (Å²) >= 11 is 0. The van der Waals surface area contributed by atoms with Crippen molar-refractivity contribution in [3.63, 3.8) is 0 Å². The second-order valence-electron chi connectivity index (χ2n) is 9.29. The molecule has 0 aromatic heterocycles. The number of benzene rings is 1. The van der Waals surface area contributed by atoms with Crippen LogP contribution in [0.15, 0.2) is 30.3 Å². The third-order valence-electron chi connectivity index (χ3n) is 6.47. The molecule has 1 aromatic carbocycles. The van der Waals surface area contributed by atoms with Crippen molar-refractivity contribution in [1.82, 2.24) is 0 Å². The Morgan fingerprint density at radius 2 is 1.18 bits per heavy atom. The first-order valence-corrected chi connectivity index (χ1v) is 12.8.